The summed E-state index contributed by atoms with van der Waals surface area (Å²) in [7, 11) is 1.57. The lowest BCUT2D eigenvalue weighted by atomic mass is 10.1. The number of hydrogen-bond donors (Lipinski definition) is 2. The van der Waals surface area contributed by atoms with Gasteiger partial charge in [-0.15, -0.1) is 0 Å². The van der Waals surface area contributed by atoms with Gasteiger partial charge in [-0.2, -0.15) is 0 Å². The van der Waals surface area contributed by atoms with Crippen molar-refractivity contribution < 1.29 is 28.6 Å². The molecule has 2 rings (SSSR count). The fraction of sp³-hybridized carbons (Fsp3) is 0.655. The van der Waals surface area contributed by atoms with E-state index in [0.717, 1.165) is 19.3 Å². The Kier molecular flexibility index (Phi) is 16.8. The molecule has 0 radical (unpaired) electrons. The van der Waals surface area contributed by atoms with Crippen LogP contribution in [-0.4, -0.2) is 73.9 Å². The van der Waals surface area contributed by atoms with Gasteiger partial charge in [0, 0.05) is 24.7 Å². The Morgan fingerprint density at radius 2 is 1.73 bits per heavy atom. The molecule has 0 saturated carbocycles. The number of piperazine rings is 1. The molecule has 9 nitrogen and oxygen atoms in total. The van der Waals surface area contributed by atoms with E-state index in [1.165, 1.54) is 44.9 Å². The van der Waals surface area contributed by atoms with Crippen molar-refractivity contribution in [2.24, 2.45) is 0 Å². The van der Waals surface area contributed by atoms with Crippen molar-refractivity contribution >= 4 is 51.0 Å². The molecule has 1 fully saturated rings. The van der Waals surface area contributed by atoms with E-state index < -0.39 is 17.9 Å². The third kappa shape index (κ3) is 12.5. The lowest BCUT2D eigenvalue weighted by Crippen LogP contribution is -2.60. The van der Waals surface area contributed by atoms with Crippen LogP contribution in [0.4, 0.5) is 0 Å². The van der Waals surface area contributed by atoms with E-state index >= 15 is 0 Å². The number of nitrogens with zero attached hydrogens (tertiary/aromatic N) is 1. The molecule has 0 aliphatic carbocycles. The highest BCUT2D eigenvalue weighted by Crippen LogP contribution is 2.24. The van der Waals surface area contributed by atoms with Crippen molar-refractivity contribution in [3.63, 3.8) is 0 Å². The number of esters is 1. The van der Waals surface area contributed by atoms with Crippen LogP contribution >= 0.6 is 28.1 Å². The van der Waals surface area contributed by atoms with E-state index in [1.807, 2.05) is 0 Å². The van der Waals surface area contributed by atoms with Crippen LogP contribution in [-0.2, 0) is 19.1 Å². The average Bonchev–Trinajstić information content (AvgIpc) is 2.93. The number of hydrogen-bond acceptors (Lipinski definition) is 7. The lowest BCUT2D eigenvalue weighted by Gasteiger charge is -2.36. The highest BCUT2D eigenvalue weighted by Gasteiger charge is 2.34. The van der Waals surface area contributed by atoms with Gasteiger partial charge < -0.3 is 24.4 Å². The number of amides is 2. The van der Waals surface area contributed by atoms with Gasteiger partial charge in [-0.1, -0.05) is 80.6 Å². The number of nitrogens with one attached hydrogen (secondary N) is 2. The zero-order valence-corrected chi connectivity index (χ0v) is 26.2. The standard InChI is InChI=1S/C29H44BrN3O6S/c1-3-4-5-6-7-8-9-10-11-12-17-39-26(34)21-24-28(36)31-15-16-33(24)29(40)32-27(35)23-20-22(30)13-14-25(23)38-19-18-37-2/h13-14,20,24H,3-12,15-19,21H2,1-2H3,(H,31,36)(H,32,35,40). The van der Waals surface area contributed by atoms with Gasteiger partial charge in [0.1, 0.15) is 18.4 Å². The number of carbonyl (C=O) groups is 3. The van der Waals surface area contributed by atoms with Gasteiger partial charge >= 0.3 is 5.97 Å². The first kappa shape index (κ1) is 34.0. The summed E-state index contributed by atoms with van der Waals surface area (Å²) < 4.78 is 16.8. The van der Waals surface area contributed by atoms with Gasteiger partial charge in [-0.25, -0.2) is 0 Å². The minimum atomic E-state index is -0.860. The number of benzene rings is 1. The molecule has 1 heterocycles. The van der Waals surface area contributed by atoms with Crippen molar-refractivity contribution in [3.05, 3.63) is 28.2 Å². The SMILES string of the molecule is CCCCCCCCCCCCOC(=O)CC1C(=O)NCCN1C(=S)NC(=O)c1cc(Br)ccc1OCCOC. The molecule has 1 saturated heterocycles. The van der Waals surface area contributed by atoms with Crippen LogP contribution in [0.1, 0.15) is 87.9 Å². The Morgan fingerprint density at radius 1 is 1.05 bits per heavy atom. The largest absolute Gasteiger partial charge is 0.490 e. The molecule has 0 aromatic heterocycles. The summed E-state index contributed by atoms with van der Waals surface area (Å²) in [6.07, 6.45) is 11.8. The summed E-state index contributed by atoms with van der Waals surface area (Å²) in [4.78, 5) is 39.8. The summed E-state index contributed by atoms with van der Waals surface area (Å²) in [6, 6.07) is 4.22. The molecule has 1 aliphatic rings. The van der Waals surface area contributed by atoms with Gasteiger partial charge in [0.25, 0.3) is 5.91 Å². The van der Waals surface area contributed by atoms with Crippen LogP contribution in [0.3, 0.4) is 0 Å². The molecule has 11 heteroatoms. The van der Waals surface area contributed by atoms with Crippen molar-refractivity contribution in [1.29, 1.82) is 0 Å². The second-order valence-electron chi connectivity index (χ2n) is 9.85. The lowest BCUT2D eigenvalue weighted by molar-refractivity contribution is -0.147. The molecular weight excluding hydrogens is 598 g/mol. The quantitative estimate of drug-likeness (QED) is 0.129. The summed E-state index contributed by atoms with van der Waals surface area (Å²) in [5.41, 5.74) is 0.279. The molecule has 1 unspecified atom stereocenters. The van der Waals surface area contributed by atoms with Gasteiger partial charge in [-0.3, -0.25) is 19.7 Å². The molecule has 2 amide bonds. The average molecular weight is 643 g/mol. The molecule has 224 valence electrons. The topological polar surface area (TPSA) is 106 Å². The summed E-state index contributed by atoms with van der Waals surface area (Å²) in [6.45, 7) is 3.91. The summed E-state index contributed by atoms with van der Waals surface area (Å²) in [5, 5.41) is 5.52. The fourth-order valence-electron chi connectivity index (χ4n) is 4.43. The number of carbonyl (C=O) groups excluding carboxylic acids is 3. The molecule has 0 bridgehead atoms. The molecule has 1 aliphatic heterocycles. The van der Waals surface area contributed by atoms with Crippen LogP contribution in [0.5, 0.6) is 5.75 Å². The second kappa shape index (κ2) is 19.8. The smallest absolute Gasteiger partial charge is 0.308 e. The third-order valence-corrected chi connectivity index (χ3v) is 7.49. The van der Waals surface area contributed by atoms with Gasteiger partial charge in [0.2, 0.25) is 5.91 Å². The highest BCUT2D eigenvalue weighted by atomic mass is 79.9. The Balaban J connectivity index is 1.81. The maximum absolute atomic E-state index is 13.1. The third-order valence-electron chi connectivity index (χ3n) is 6.66. The molecule has 40 heavy (non-hydrogen) atoms. The number of thiocarbonyl (C=S) groups is 1. The molecule has 1 atom stereocenters. The Hall–Kier alpha value is -2.24. The van der Waals surface area contributed by atoms with E-state index in [-0.39, 0.29) is 29.6 Å². The maximum atomic E-state index is 13.1. The van der Waals surface area contributed by atoms with Gasteiger partial charge in [-0.05, 0) is 36.8 Å². The Bertz CT molecular complexity index is 964. The van der Waals surface area contributed by atoms with Crippen LogP contribution in [0.15, 0.2) is 22.7 Å². The van der Waals surface area contributed by atoms with Crippen LogP contribution < -0.4 is 15.4 Å². The highest BCUT2D eigenvalue weighted by molar-refractivity contribution is 9.10. The van der Waals surface area contributed by atoms with E-state index in [2.05, 4.69) is 33.5 Å². The zero-order chi connectivity index (χ0) is 29.2. The molecular formula is C29H44BrN3O6S. The predicted molar refractivity (Wildman–Crippen MR) is 163 cm³/mol. The summed E-state index contributed by atoms with van der Waals surface area (Å²) in [5.74, 6) is -0.890. The minimum absolute atomic E-state index is 0.0650. The van der Waals surface area contributed by atoms with E-state index in [0.29, 0.717) is 36.5 Å². The van der Waals surface area contributed by atoms with E-state index in [1.54, 1.807) is 30.2 Å². The van der Waals surface area contributed by atoms with Crippen molar-refractivity contribution in [1.82, 2.24) is 15.5 Å². The minimum Gasteiger partial charge on any atom is -0.490 e. The van der Waals surface area contributed by atoms with Crippen molar-refractivity contribution in [2.45, 2.75) is 83.6 Å². The Morgan fingerprint density at radius 3 is 2.40 bits per heavy atom. The second-order valence-corrected chi connectivity index (χ2v) is 11.2. The zero-order valence-electron chi connectivity index (χ0n) is 23.8. The monoisotopic (exact) mass is 641 g/mol. The van der Waals surface area contributed by atoms with Gasteiger partial charge in [0.05, 0.1) is 25.2 Å². The number of halogens is 1. The number of ether oxygens (including phenoxy) is 3. The molecule has 1 aromatic rings. The van der Waals surface area contributed by atoms with Crippen LogP contribution in [0.2, 0.25) is 0 Å². The predicted octanol–water partition coefficient (Wildman–Crippen LogP) is 5.14. The van der Waals surface area contributed by atoms with E-state index in [9.17, 15) is 14.4 Å². The van der Waals surface area contributed by atoms with Gasteiger partial charge in [0.15, 0.2) is 5.11 Å². The van der Waals surface area contributed by atoms with Crippen LogP contribution in [0.25, 0.3) is 0 Å². The first-order valence-corrected chi connectivity index (χ1v) is 15.5. The normalized spacial score (nSPS) is 14.9. The first-order chi connectivity index (χ1) is 19.4. The van der Waals surface area contributed by atoms with Crippen molar-refractivity contribution in [2.75, 3.05) is 40.0 Å². The number of rotatable bonds is 18. The maximum Gasteiger partial charge on any atom is 0.308 e. The fourth-order valence-corrected chi connectivity index (χ4v) is 5.10. The Labute approximate surface area is 252 Å². The summed E-state index contributed by atoms with van der Waals surface area (Å²) >= 11 is 8.87. The number of methoxy groups -OCH3 is 1. The molecule has 2 N–H and O–H groups in total. The number of unbranched alkanes of at least 4 members (excludes halogenated alkanes) is 9. The van der Waals surface area contributed by atoms with Crippen molar-refractivity contribution in [3.8, 4) is 5.75 Å². The van der Waals surface area contributed by atoms with Crippen LogP contribution in [0, 0.1) is 0 Å². The molecule has 1 aromatic carbocycles. The molecule has 0 spiro atoms. The first-order valence-electron chi connectivity index (χ1n) is 14.3. The van der Waals surface area contributed by atoms with E-state index in [4.69, 9.17) is 26.4 Å².